The maximum absolute atomic E-state index is 10.6. The van der Waals surface area contributed by atoms with E-state index in [0.29, 0.717) is 16.7 Å². The summed E-state index contributed by atoms with van der Waals surface area (Å²) in [6, 6.07) is 11.6. The fourth-order valence-electron chi connectivity index (χ4n) is 4.62. The van der Waals surface area contributed by atoms with E-state index in [1.54, 1.807) is 0 Å². The Hall–Kier alpha value is -0.200. The van der Waals surface area contributed by atoms with Crippen molar-refractivity contribution in [1.82, 2.24) is 4.90 Å². The third-order valence-electron chi connectivity index (χ3n) is 5.61. The minimum atomic E-state index is -0.650. The molecule has 0 bridgehead atoms. The van der Waals surface area contributed by atoms with Crippen molar-refractivity contribution in [2.24, 2.45) is 0 Å². The molecule has 132 valence electrons. The lowest BCUT2D eigenvalue weighted by Gasteiger charge is -2.55. The largest absolute Gasteiger partial charge is 0.367 e. The summed E-state index contributed by atoms with van der Waals surface area (Å²) in [5, 5.41) is 10.6. The molecule has 0 radical (unpaired) electrons. The Bertz CT molecular complexity index is 550. The second kappa shape index (κ2) is 7.20. The van der Waals surface area contributed by atoms with Crippen LogP contribution in [0.3, 0.4) is 0 Å². The van der Waals surface area contributed by atoms with Gasteiger partial charge in [-0.1, -0.05) is 43.7 Å². The molecule has 4 rings (SSSR count). The molecule has 0 amide bonds. The minimum Gasteiger partial charge on any atom is -0.367 e. The number of piperidine rings is 1. The topological polar surface area (TPSA) is 32.7 Å². The highest BCUT2D eigenvalue weighted by molar-refractivity contribution is 8.21. The summed E-state index contributed by atoms with van der Waals surface area (Å²) in [6.45, 7) is 2.87. The van der Waals surface area contributed by atoms with Gasteiger partial charge in [-0.25, -0.2) is 0 Å². The van der Waals surface area contributed by atoms with E-state index < -0.39 is 6.29 Å². The number of hydrogen-bond acceptors (Lipinski definition) is 5. The summed E-state index contributed by atoms with van der Waals surface area (Å²) in [4.78, 5) is 2.61. The number of hydrogen-bond donors (Lipinski definition) is 1. The van der Waals surface area contributed by atoms with Crippen molar-refractivity contribution < 1.29 is 9.84 Å². The van der Waals surface area contributed by atoms with E-state index in [9.17, 15) is 5.11 Å². The molecule has 0 saturated carbocycles. The molecule has 0 aromatic heterocycles. The Morgan fingerprint density at radius 3 is 2.67 bits per heavy atom. The zero-order valence-corrected chi connectivity index (χ0v) is 15.9. The zero-order valence-electron chi connectivity index (χ0n) is 14.3. The summed E-state index contributed by atoms with van der Waals surface area (Å²) in [7, 11) is 0. The highest BCUT2D eigenvalue weighted by Crippen LogP contribution is 2.56. The molecule has 3 fully saturated rings. The van der Waals surface area contributed by atoms with Gasteiger partial charge in [0.25, 0.3) is 0 Å². The second-order valence-electron chi connectivity index (χ2n) is 7.12. The molecular formula is C19H27NO2S2. The van der Waals surface area contributed by atoms with Gasteiger partial charge in [0.1, 0.15) is 0 Å². The van der Waals surface area contributed by atoms with Crippen LogP contribution in [0.2, 0.25) is 0 Å². The maximum atomic E-state index is 10.6. The molecule has 1 unspecified atom stereocenters. The first kappa shape index (κ1) is 17.2. The lowest BCUT2D eigenvalue weighted by atomic mass is 9.87. The summed E-state index contributed by atoms with van der Waals surface area (Å²) in [6.07, 6.45) is 4.02. The average Bonchev–Trinajstić information content (AvgIpc) is 3.04. The monoisotopic (exact) mass is 365 g/mol. The lowest BCUT2D eigenvalue weighted by Crippen LogP contribution is -2.62. The van der Waals surface area contributed by atoms with Crippen LogP contribution in [0.4, 0.5) is 0 Å². The number of aliphatic hydroxyl groups is 1. The van der Waals surface area contributed by atoms with Crippen molar-refractivity contribution in [1.29, 1.82) is 0 Å². The molecule has 5 heteroatoms. The number of benzene rings is 1. The fourth-order valence-corrected chi connectivity index (χ4v) is 8.07. The quantitative estimate of drug-likeness (QED) is 0.879. The van der Waals surface area contributed by atoms with Crippen LogP contribution in [0.5, 0.6) is 0 Å². The molecule has 1 aromatic rings. The third kappa shape index (κ3) is 3.14. The van der Waals surface area contributed by atoms with Crippen LogP contribution < -0.4 is 0 Å². The zero-order chi connectivity index (χ0) is 16.6. The molecular weight excluding hydrogens is 338 g/mol. The number of rotatable bonds is 3. The molecule has 3 aliphatic heterocycles. The molecule has 1 aromatic carbocycles. The summed E-state index contributed by atoms with van der Waals surface area (Å²) in [5.74, 6) is 2.49. The molecule has 24 heavy (non-hydrogen) atoms. The smallest absolute Gasteiger partial charge is 0.170 e. The van der Waals surface area contributed by atoms with Crippen LogP contribution in [0, 0.1) is 0 Å². The van der Waals surface area contributed by atoms with Crippen molar-refractivity contribution in [3.8, 4) is 0 Å². The van der Waals surface area contributed by atoms with Gasteiger partial charge in [0, 0.05) is 17.5 Å². The lowest BCUT2D eigenvalue weighted by molar-refractivity contribution is -0.219. The van der Waals surface area contributed by atoms with E-state index in [1.165, 1.54) is 36.3 Å². The summed E-state index contributed by atoms with van der Waals surface area (Å²) < 4.78 is 6.13. The van der Waals surface area contributed by atoms with Crippen LogP contribution in [0.1, 0.15) is 44.2 Å². The van der Waals surface area contributed by atoms with Gasteiger partial charge < -0.3 is 9.84 Å². The van der Waals surface area contributed by atoms with Crippen molar-refractivity contribution in [3.63, 3.8) is 0 Å². The van der Waals surface area contributed by atoms with Crippen LogP contribution in [-0.2, 0) is 4.74 Å². The van der Waals surface area contributed by atoms with Crippen molar-refractivity contribution in [2.75, 3.05) is 18.1 Å². The number of aliphatic hydroxyl groups excluding tert-OH is 1. The first-order valence-electron chi connectivity index (χ1n) is 9.12. The molecule has 4 atom stereocenters. The predicted octanol–water partition coefficient (Wildman–Crippen LogP) is 3.89. The molecule has 3 saturated heterocycles. The molecule has 3 nitrogen and oxygen atoms in total. The van der Waals surface area contributed by atoms with E-state index in [1.807, 2.05) is 0 Å². The summed E-state index contributed by atoms with van der Waals surface area (Å²) in [5.41, 5.74) is 1.32. The predicted molar refractivity (Wildman–Crippen MR) is 102 cm³/mol. The molecule has 1 spiro atoms. The van der Waals surface area contributed by atoms with Crippen LogP contribution in [-0.4, -0.2) is 50.6 Å². The molecule has 3 heterocycles. The van der Waals surface area contributed by atoms with E-state index in [-0.39, 0.29) is 12.1 Å². The highest BCUT2D eigenvalue weighted by Gasteiger charge is 2.52. The van der Waals surface area contributed by atoms with E-state index >= 15 is 0 Å². The van der Waals surface area contributed by atoms with E-state index in [4.69, 9.17) is 4.74 Å². The standard InChI is InChI=1S/C19H27NO2S2/c1-2-6-15-11-19(23-9-10-24-19)12-16-18(21)22-13-17(20(15)16)14-7-4-3-5-8-14/h3-5,7-8,15-18,21H,2,6,9-13H2,1H3/t15-,16+,17-,18?/m1/s1. The minimum absolute atomic E-state index is 0.118. The molecule has 0 aliphatic carbocycles. The Balaban J connectivity index is 1.66. The summed E-state index contributed by atoms with van der Waals surface area (Å²) >= 11 is 4.24. The fraction of sp³-hybridized carbons (Fsp3) is 0.684. The average molecular weight is 366 g/mol. The van der Waals surface area contributed by atoms with Crippen LogP contribution in [0.15, 0.2) is 30.3 Å². The van der Waals surface area contributed by atoms with Crippen molar-refractivity contribution in [2.45, 2.75) is 61.1 Å². The van der Waals surface area contributed by atoms with Crippen LogP contribution >= 0.6 is 23.5 Å². The number of nitrogens with zero attached hydrogens (tertiary/aromatic N) is 1. The highest BCUT2D eigenvalue weighted by atomic mass is 32.2. The van der Waals surface area contributed by atoms with E-state index in [2.05, 4.69) is 65.7 Å². The van der Waals surface area contributed by atoms with Gasteiger partial charge in [0.2, 0.25) is 0 Å². The maximum Gasteiger partial charge on any atom is 0.170 e. The van der Waals surface area contributed by atoms with Gasteiger partial charge in [0.05, 0.1) is 22.8 Å². The van der Waals surface area contributed by atoms with Gasteiger partial charge in [-0.05, 0) is 24.8 Å². The van der Waals surface area contributed by atoms with Gasteiger partial charge >= 0.3 is 0 Å². The van der Waals surface area contributed by atoms with Gasteiger partial charge in [-0.15, -0.1) is 23.5 Å². The third-order valence-corrected chi connectivity index (χ3v) is 9.11. The Labute approximate surface area is 153 Å². The first-order chi connectivity index (χ1) is 11.7. The number of fused-ring (bicyclic) bond motifs is 1. The molecule has 1 N–H and O–H groups in total. The number of ether oxygens (including phenoxy) is 1. The Kier molecular flexibility index (Phi) is 5.17. The number of thioether (sulfide) groups is 2. The Morgan fingerprint density at radius 1 is 1.21 bits per heavy atom. The van der Waals surface area contributed by atoms with Gasteiger partial charge in [-0.3, -0.25) is 4.90 Å². The van der Waals surface area contributed by atoms with E-state index in [0.717, 1.165) is 6.42 Å². The SMILES string of the molecule is CCC[C@@H]1CC2(C[C@H]3C(O)OC[C@H](c4ccccc4)N13)SCCS2. The van der Waals surface area contributed by atoms with Crippen molar-refractivity contribution >= 4 is 23.5 Å². The first-order valence-corrected chi connectivity index (χ1v) is 11.1. The van der Waals surface area contributed by atoms with Gasteiger partial charge in [0.15, 0.2) is 6.29 Å². The van der Waals surface area contributed by atoms with Crippen molar-refractivity contribution in [3.05, 3.63) is 35.9 Å². The normalized spacial score (nSPS) is 35.9. The number of morpholine rings is 1. The molecule has 3 aliphatic rings. The van der Waals surface area contributed by atoms with Gasteiger partial charge in [-0.2, -0.15) is 0 Å². The second-order valence-corrected chi connectivity index (χ2v) is 10.3. The van der Waals surface area contributed by atoms with Crippen LogP contribution in [0.25, 0.3) is 0 Å². The Morgan fingerprint density at radius 2 is 1.96 bits per heavy atom.